The Balaban J connectivity index is 1.50. The molecule has 0 saturated carbocycles. The molecule has 1 aliphatic heterocycles. The molecule has 28 heavy (non-hydrogen) atoms. The maximum atomic E-state index is 12.4. The number of rotatable bonds is 5. The third-order valence-electron chi connectivity index (χ3n) is 4.72. The van der Waals surface area contributed by atoms with Gasteiger partial charge in [-0.05, 0) is 17.7 Å². The Labute approximate surface area is 163 Å². The van der Waals surface area contributed by atoms with Gasteiger partial charge in [0.1, 0.15) is 5.75 Å². The first kappa shape index (κ1) is 18.0. The van der Waals surface area contributed by atoms with Crippen molar-refractivity contribution in [1.82, 2.24) is 24.6 Å². The SMILES string of the molecule is COc1ccc(Cn2cc3c(n2)CN(c2nccnc2C(=O)N(C)C)C3)cc1. The molecule has 0 N–H and O–H groups in total. The van der Waals surface area contributed by atoms with Crippen molar-refractivity contribution in [3.63, 3.8) is 0 Å². The number of methoxy groups -OCH3 is 1. The minimum Gasteiger partial charge on any atom is -0.497 e. The summed E-state index contributed by atoms with van der Waals surface area (Å²) >= 11 is 0. The second kappa shape index (κ2) is 7.30. The van der Waals surface area contributed by atoms with Gasteiger partial charge in [0.05, 0.1) is 25.9 Å². The molecule has 0 saturated heterocycles. The Hall–Kier alpha value is -3.42. The summed E-state index contributed by atoms with van der Waals surface area (Å²) in [5.41, 5.74) is 3.67. The molecule has 0 fully saturated rings. The number of fused-ring (bicyclic) bond motifs is 1. The van der Waals surface area contributed by atoms with Crippen molar-refractivity contribution in [2.75, 3.05) is 26.1 Å². The van der Waals surface area contributed by atoms with Crippen LogP contribution in [0.5, 0.6) is 5.75 Å². The number of carbonyl (C=O) groups is 1. The third kappa shape index (κ3) is 3.40. The standard InChI is InChI=1S/C20H22N6O2/c1-24(2)20(27)18-19(22-9-8-21-18)25-11-15-12-26(23-17(15)13-25)10-14-4-6-16(28-3)7-5-14/h4-9,12H,10-11,13H2,1-3H3. The van der Waals surface area contributed by atoms with Crippen LogP contribution in [0.2, 0.25) is 0 Å². The summed E-state index contributed by atoms with van der Waals surface area (Å²) in [4.78, 5) is 24.6. The van der Waals surface area contributed by atoms with E-state index in [1.165, 1.54) is 4.90 Å². The summed E-state index contributed by atoms with van der Waals surface area (Å²) in [7, 11) is 5.08. The molecule has 0 unspecified atom stereocenters. The Kier molecular flexibility index (Phi) is 4.68. The predicted molar refractivity (Wildman–Crippen MR) is 104 cm³/mol. The molecule has 0 atom stereocenters. The van der Waals surface area contributed by atoms with E-state index in [0.29, 0.717) is 31.1 Å². The van der Waals surface area contributed by atoms with Gasteiger partial charge in [0.2, 0.25) is 0 Å². The molecule has 0 spiro atoms. The second-order valence-corrected chi connectivity index (χ2v) is 6.93. The van der Waals surface area contributed by atoms with Crippen molar-refractivity contribution < 1.29 is 9.53 Å². The Morgan fingerprint density at radius 2 is 1.89 bits per heavy atom. The van der Waals surface area contributed by atoms with Gasteiger partial charge in [-0.25, -0.2) is 9.97 Å². The lowest BCUT2D eigenvalue weighted by Gasteiger charge is -2.20. The van der Waals surface area contributed by atoms with E-state index < -0.39 is 0 Å². The number of aromatic nitrogens is 4. The number of ether oxygens (including phenoxy) is 1. The molecule has 4 rings (SSSR count). The van der Waals surface area contributed by atoms with Crippen LogP contribution in [0.4, 0.5) is 5.82 Å². The van der Waals surface area contributed by atoms with Crippen molar-refractivity contribution >= 4 is 11.7 Å². The van der Waals surface area contributed by atoms with Gasteiger partial charge in [-0.3, -0.25) is 9.48 Å². The van der Waals surface area contributed by atoms with Gasteiger partial charge >= 0.3 is 0 Å². The number of amides is 1. The minimum atomic E-state index is -0.155. The Bertz CT molecular complexity index is 973. The molecule has 3 aromatic rings. The number of carbonyl (C=O) groups excluding carboxylic acids is 1. The van der Waals surface area contributed by atoms with E-state index in [-0.39, 0.29) is 5.91 Å². The Morgan fingerprint density at radius 1 is 1.14 bits per heavy atom. The van der Waals surface area contributed by atoms with Crippen molar-refractivity contribution in [1.29, 1.82) is 0 Å². The molecule has 8 heteroatoms. The molecule has 1 amide bonds. The van der Waals surface area contributed by atoms with E-state index in [9.17, 15) is 4.79 Å². The largest absolute Gasteiger partial charge is 0.497 e. The van der Waals surface area contributed by atoms with E-state index in [2.05, 4.69) is 16.2 Å². The van der Waals surface area contributed by atoms with Crippen molar-refractivity contribution in [2.24, 2.45) is 0 Å². The molecule has 8 nitrogen and oxygen atoms in total. The topological polar surface area (TPSA) is 76.4 Å². The van der Waals surface area contributed by atoms with E-state index in [1.807, 2.05) is 33.8 Å². The Morgan fingerprint density at radius 3 is 2.57 bits per heavy atom. The molecule has 1 aliphatic rings. The third-order valence-corrected chi connectivity index (χ3v) is 4.72. The number of hydrogen-bond acceptors (Lipinski definition) is 6. The molecule has 0 bridgehead atoms. The molecule has 1 aromatic carbocycles. The average Bonchev–Trinajstić information content (AvgIpc) is 3.26. The fraction of sp³-hybridized carbons (Fsp3) is 0.300. The summed E-state index contributed by atoms with van der Waals surface area (Å²) in [6, 6.07) is 7.98. The van der Waals surface area contributed by atoms with E-state index >= 15 is 0 Å². The number of hydrogen-bond donors (Lipinski definition) is 0. The summed E-state index contributed by atoms with van der Waals surface area (Å²) < 4.78 is 7.15. The van der Waals surface area contributed by atoms with Crippen LogP contribution >= 0.6 is 0 Å². The van der Waals surface area contributed by atoms with Crippen LogP contribution in [-0.2, 0) is 19.6 Å². The maximum Gasteiger partial charge on any atom is 0.275 e. The van der Waals surface area contributed by atoms with Crippen molar-refractivity contribution in [2.45, 2.75) is 19.6 Å². The van der Waals surface area contributed by atoms with Gasteiger partial charge in [-0.15, -0.1) is 0 Å². The zero-order chi connectivity index (χ0) is 19.7. The lowest BCUT2D eigenvalue weighted by molar-refractivity contribution is 0.0822. The maximum absolute atomic E-state index is 12.4. The first-order chi connectivity index (χ1) is 13.5. The highest BCUT2D eigenvalue weighted by Gasteiger charge is 2.28. The highest BCUT2D eigenvalue weighted by molar-refractivity contribution is 5.96. The average molecular weight is 378 g/mol. The van der Waals surface area contributed by atoms with Crippen LogP contribution in [0.1, 0.15) is 27.3 Å². The predicted octanol–water partition coefficient (Wildman–Crippen LogP) is 1.95. The monoisotopic (exact) mass is 378 g/mol. The van der Waals surface area contributed by atoms with Crippen LogP contribution in [0.25, 0.3) is 0 Å². The van der Waals surface area contributed by atoms with E-state index in [0.717, 1.165) is 22.6 Å². The number of anilines is 1. The first-order valence-corrected chi connectivity index (χ1v) is 9.01. The quantitative estimate of drug-likeness (QED) is 0.675. The number of benzene rings is 1. The van der Waals surface area contributed by atoms with Gasteiger partial charge in [0.15, 0.2) is 11.5 Å². The van der Waals surface area contributed by atoms with Crippen LogP contribution < -0.4 is 9.64 Å². The second-order valence-electron chi connectivity index (χ2n) is 6.93. The summed E-state index contributed by atoms with van der Waals surface area (Å²) in [6.07, 6.45) is 5.22. The zero-order valence-electron chi connectivity index (χ0n) is 16.2. The van der Waals surface area contributed by atoms with E-state index in [1.54, 1.807) is 33.6 Å². The van der Waals surface area contributed by atoms with E-state index in [4.69, 9.17) is 9.84 Å². The van der Waals surface area contributed by atoms with Gasteiger partial charge in [-0.1, -0.05) is 12.1 Å². The normalized spacial score (nSPS) is 12.8. The lowest BCUT2D eigenvalue weighted by Crippen LogP contribution is -2.27. The minimum absolute atomic E-state index is 0.155. The fourth-order valence-corrected chi connectivity index (χ4v) is 3.28. The first-order valence-electron chi connectivity index (χ1n) is 9.01. The molecular formula is C20H22N6O2. The van der Waals surface area contributed by atoms with Crippen LogP contribution in [0, 0.1) is 0 Å². The molecule has 144 valence electrons. The van der Waals surface area contributed by atoms with Gasteiger partial charge in [0, 0.05) is 44.8 Å². The van der Waals surface area contributed by atoms with Gasteiger partial charge < -0.3 is 14.5 Å². The van der Waals surface area contributed by atoms with Crippen LogP contribution in [-0.4, -0.2) is 51.8 Å². The molecule has 0 aliphatic carbocycles. The smallest absolute Gasteiger partial charge is 0.275 e. The highest BCUT2D eigenvalue weighted by Crippen LogP contribution is 2.28. The lowest BCUT2D eigenvalue weighted by atomic mass is 10.2. The van der Waals surface area contributed by atoms with Crippen LogP contribution in [0.3, 0.4) is 0 Å². The fourth-order valence-electron chi connectivity index (χ4n) is 3.28. The van der Waals surface area contributed by atoms with Crippen LogP contribution in [0.15, 0.2) is 42.9 Å². The summed E-state index contributed by atoms with van der Waals surface area (Å²) in [6.45, 7) is 1.97. The van der Waals surface area contributed by atoms with Gasteiger partial charge in [-0.2, -0.15) is 5.10 Å². The molecule has 0 radical (unpaired) electrons. The zero-order valence-corrected chi connectivity index (χ0v) is 16.2. The number of nitrogens with zero attached hydrogens (tertiary/aromatic N) is 6. The molecular weight excluding hydrogens is 356 g/mol. The molecule has 2 aromatic heterocycles. The van der Waals surface area contributed by atoms with Crippen molar-refractivity contribution in [3.05, 3.63) is 65.4 Å². The van der Waals surface area contributed by atoms with Crippen molar-refractivity contribution in [3.8, 4) is 5.75 Å². The highest BCUT2D eigenvalue weighted by atomic mass is 16.5. The van der Waals surface area contributed by atoms with Gasteiger partial charge in [0.25, 0.3) is 5.91 Å². The molecule has 3 heterocycles. The summed E-state index contributed by atoms with van der Waals surface area (Å²) in [5, 5.41) is 4.71. The summed E-state index contributed by atoms with van der Waals surface area (Å²) in [5.74, 6) is 1.28.